The molecule has 7 heteroatoms. The molecule has 0 radical (unpaired) electrons. The predicted octanol–water partition coefficient (Wildman–Crippen LogP) is 2.12. The molecule has 4 rings (SSSR count). The summed E-state index contributed by atoms with van der Waals surface area (Å²) in [6.07, 6.45) is 5.31. The number of fused-ring (bicyclic) bond motifs is 1. The fraction of sp³-hybridized carbons (Fsp3) is 0.389. The van der Waals surface area contributed by atoms with Gasteiger partial charge in [0.2, 0.25) is 0 Å². The molecule has 3 aromatic heterocycles. The van der Waals surface area contributed by atoms with Gasteiger partial charge in [-0.15, -0.1) is 5.10 Å². The molecule has 0 amide bonds. The highest BCUT2D eigenvalue weighted by Gasteiger charge is 2.30. The molecule has 0 fully saturated rings. The van der Waals surface area contributed by atoms with Crippen LogP contribution in [0.5, 0.6) is 0 Å². The van der Waals surface area contributed by atoms with Gasteiger partial charge in [0, 0.05) is 38.4 Å². The monoisotopic (exact) mass is 339 g/mol. The first-order valence-electron chi connectivity index (χ1n) is 8.39. The maximum Gasteiger partial charge on any atom is 0.117 e. The molecule has 0 bridgehead atoms. The summed E-state index contributed by atoms with van der Waals surface area (Å²) in [4.78, 5) is 6.45. The van der Waals surface area contributed by atoms with Crippen molar-refractivity contribution in [3.05, 3.63) is 65.6 Å². The lowest BCUT2D eigenvalue weighted by molar-refractivity contribution is 0.0812. The Morgan fingerprint density at radius 2 is 2.28 bits per heavy atom. The summed E-state index contributed by atoms with van der Waals surface area (Å²) < 4.78 is 13.3. The van der Waals surface area contributed by atoms with Gasteiger partial charge in [0.1, 0.15) is 11.5 Å². The maximum atomic E-state index is 5.96. The number of furan rings is 1. The highest BCUT2D eigenvalue weighted by molar-refractivity contribution is 5.20. The van der Waals surface area contributed by atoms with Crippen LogP contribution in [0.3, 0.4) is 0 Å². The zero-order valence-electron chi connectivity index (χ0n) is 14.2. The normalized spacial score (nSPS) is 17.6. The van der Waals surface area contributed by atoms with Gasteiger partial charge >= 0.3 is 0 Å². The number of pyridine rings is 1. The summed E-state index contributed by atoms with van der Waals surface area (Å²) >= 11 is 0. The Hall–Kier alpha value is -2.51. The van der Waals surface area contributed by atoms with Crippen molar-refractivity contribution in [3.63, 3.8) is 0 Å². The zero-order chi connectivity index (χ0) is 17.1. The lowest BCUT2D eigenvalue weighted by atomic mass is 9.99. The second-order valence-electron chi connectivity index (χ2n) is 6.37. The van der Waals surface area contributed by atoms with Crippen LogP contribution in [-0.2, 0) is 31.5 Å². The molecule has 4 heterocycles. The van der Waals surface area contributed by atoms with Gasteiger partial charge < -0.3 is 9.15 Å². The molecular formula is C18H21N5O2. The zero-order valence-corrected chi connectivity index (χ0v) is 14.2. The Morgan fingerprint density at radius 3 is 3.08 bits per heavy atom. The van der Waals surface area contributed by atoms with E-state index in [0.29, 0.717) is 13.2 Å². The quantitative estimate of drug-likeness (QED) is 0.685. The number of ether oxygens (including phenoxy) is 1. The topological polar surface area (TPSA) is 69.2 Å². The first kappa shape index (κ1) is 16.0. The van der Waals surface area contributed by atoms with Crippen molar-refractivity contribution < 1.29 is 9.15 Å². The SMILES string of the molecule is Cn1nnc2c1[C@H](COCc1cccnc1)CN(Cc1ccco1)C2. The van der Waals surface area contributed by atoms with Crippen LogP contribution in [-0.4, -0.2) is 38.0 Å². The highest BCUT2D eigenvalue weighted by Crippen LogP contribution is 2.28. The molecule has 0 aromatic carbocycles. The molecule has 1 aliphatic heterocycles. The van der Waals surface area contributed by atoms with Crippen LogP contribution in [0.25, 0.3) is 0 Å². The lowest BCUT2D eigenvalue weighted by Crippen LogP contribution is -2.35. The number of hydrogen-bond donors (Lipinski definition) is 0. The van der Waals surface area contributed by atoms with Crippen LogP contribution in [0.15, 0.2) is 47.3 Å². The van der Waals surface area contributed by atoms with Gasteiger partial charge in [-0.3, -0.25) is 14.6 Å². The molecule has 0 aliphatic carbocycles. The second-order valence-corrected chi connectivity index (χ2v) is 6.37. The first-order chi connectivity index (χ1) is 12.3. The lowest BCUT2D eigenvalue weighted by Gasteiger charge is -2.31. The minimum Gasteiger partial charge on any atom is -0.468 e. The average Bonchev–Trinajstić information content (AvgIpc) is 3.26. The molecule has 0 saturated carbocycles. The number of rotatable bonds is 6. The molecule has 1 aliphatic rings. The Kier molecular flexibility index (Phi) is 4.58. The van der Waals surface area contributed by atoms with Gasteiger partial charge in [-0.25, -0.2) is 0 Å². The molecule has 7 nitrogen and oxygen atoms in total. The maximum absolute atomic E-state index is 5.96. The van der Waals surface area contributed by atoms with Gasteiger partial charge in [-0.1, -0.05) is 11.3 Å². The molecule has 0 N–H and O–H groups in total. The molecule has 3 aromatic rings. The fourth-order valence-corrected chi connectivity index (χ4v) is 3.37. The van der Waals surface area contributed by atoms with Crippen LogP contribution in [0.4, 0.5) is 0 Å². The average molecular weight is 339 g/mol. The molecular weight excluding hydrogens is 318 g/mol. The Bertz CT molecular complexity index is 800. The van der Waals surface area contributed by atoms with Crippen LogP contribution in [0, 0.1) is 0 Å². The largest absolute Gasteiger partial charge is 0.468 e. The van der Waals surface area contributed by atoms with E-state index in [-0.39, 0.29) is 5.92 Å². The van der Waals surface area contributed by atoms with E-state index in [0.717, 1.165) is 36.7 Å². The summed E-state index contributed by atoms with van der Waals surface area (Å²) in [6, 6.07) is 7.86. The van der Waals surface area contributed by atoms with Crippen molar-refractivity contribution in [2.45, 2.75) is 25.6 Å². The molecule has 1 atom stereocenters. The van der Waals surface area contributed by atoms with Gasteiger partial charge in [0.05, 0.1) is 31.7 Å². The summed E-state index contributed by atoms with van der Waals surface area (Å²) in [5.74, 6) is 1.19. The van der Waals surface area contributed by atoms with Gasteiger partial charge in [0.25, 0.3) is 0 Å². The fourth-order valence-electron chi connectivity index (χ4n) is 3.37. The Labute approximate surface area is 146 Å². The van der Waals surface area contributed by atoms with Gasteiger partial charge in [-0.05, 0) is 23.8 Å². The number of hydrogen-bond acceptors (Lipinski definition) is 6. The van der Waals surface area contributed by atoms with Crippen molar-refractivity contribution in [1.29, 1.82) is 0 Å². The Morgan fingerprint density at radius 1 is 1.32 bits per heavy atom. The van der Waals surface area contributed by atoms with E-state index >= 15 is 0 Å². The van der Waals surface area contributed by atoms with E-state index in [2.05, 4.69) is 20.2 Å². The van der Waals surface area contributed by atoms with Crippen molar-refractivity contribution in [1.82, 2.24) is 24.9 Å². The van der Waals surface area contributed by atoms with E-state index < -0.39 is 0 Å². The van der Waals surface area contributed by atoms with E-state index in [1.807, 2.05) is 42.2 Å². The third-order valence-corrected chi connectivity index (χ3v) is 4.45. The second kappa shape index (κ2) is 7.16. The highest BCUT2D eigenvalue weighted by atomic mass is 16.5. The van der Waals surface area contributed by atoms with Crippen molar-refractivity contribution >= 4 is 0 Å². The minimum absolute atomic E-state index is 0.232. The molecule has 0 spiro atoms. The number of aromatic nitrogens is 4. The first-order valence-corrected chi connectivity index (χ1v) is 8.39. The molecule has 0 saturated heterocycles. The van der Waals surface area contributed by atoms with Gasteiger partial charge in [-0.2, -0.15) is 0 Å². The van der Waals surface area contributed by atoms with Crippen molar-refractivity contribution in [2.75, 3.05) is 13.2 Å². The third-order valence-electron chi connectivity index (χ3n) is 4.45. The van der Waals surface area contributed by atoms with Crippen LogP contribution in [0.2, 0.25) is 0 Å². The summed E-state index contributed by atoms with van der Waals surface area (Å²) in [6.45, 7) is 3.62. The molecule has 0 unspecified atom stereocenters. The smallest absolute Gasteiger partial charge is 0.117 e. The minimum atomic E-state index is 0.232. The van der Waals surface area contributed by atoms with Crippen molar-refractivity contribution in [2.24, 2.45) is 7.05 Å². The van der Waals surface area contributed by atoms with E-state index in [1.165, 1.54) is 5.69 Å². The van der Waals surface area contributed by atoms with Gasteiger partial charge in [0.15, 0.2) is 0 Å². The van der Waals surface area contributed by atoms with E-state index in [4.69, 9.17) is 9.15 Å². The Balaban J connectivity index is 1.44. The third kappa shape index (κ3) is 3.62. The molecule has 130 valence electrons. The number of nitrogens with zero attached hydrogens (tertiary/aromatic N) is 5. The van der Waals surface area contributed by atoms with Crippen molar-refractivity contribution in [3.8, 4) is 0 Å². The standard InChI is InChI=1S/C18H21N5O2/c1-22-18-15(13-24-12-14-4-2-6-19-8-14)9-23(11-17(18)20-21-22)10-16-5-3-7-25-16/h2-8,15H,9-13H2,1H3/t15-/m0/s1. The summed E-state index contributed by atoms with van der Waals surface area (Å²) in [5, 5.41) is 8.52. The van der Waals surface area contributed by atoms with Crippen LogP contribution < -0.4 is 0 Å². The van der Waals surface area contributed by atoms with Crippen LogP contribution >= 0.6 is 0 Å². The number of aryl methyl sites for hydroxylation is 1. The van der Waals surface area contributed by atoms with E-state index in [9.17, 15) is 0 Å². The van der Waals surface area contributed by atoms with Crippen LogP contribution in [0.1, 0.15) is 28.6 Å². The summed E-state index contributed by atoms with van der Waals surface area (Å²) in [7, 11) is 1.95. The summed E-state index contributed by atoms with van der Waals surface area (Å²) in [5.41, 5.74) is 3.27. The predicted molar refractivity (Wildman–Crippen MR) is 90.5 cm³/mol. The van der Waals surface area contributed by atoms with E-state index in [1.54, 1.807) is 12.5 Å². The molecule has 25 heavy (non-hydrogen) atoms.